The number of carbonyl (C=O) groups excluding carboxylic acids is 1. The second kappa shape index (κ2) is 5.92. The number of anilines is 1. The molecule has 0 aliphatic carbocycles. The molecule has 0 bridgehead atoms. The van der Waals surface area contributed by atoms with Crippen LogP contribution in [0.1, 0.15) is 6.92 Å². The Labute approximate surface area is 102 Å². The molecule has 0 radical (unpaired) electrons. The van der Waals surface area contributed by atoms with Crippen molar-refractivity contribution >= 4 is 34.3 Å². The highest BCUT2D eigenvalue weighted by Crippen LogP contribution is 2.16. The first-order valence-electron chi connectivity index (χ1n) is 4.56. The van der Waals surface area contributed by atoms with Crippen molar-refractivity contribution in [3.8, 4) is 0 Å². The second-order valence-corrected chi connectivity index (χ2v) is 4.32. The van der Waals surface area contributed by atoms with Gasteiger partial charge in [0.05, 0.1) is 18.3 Å². The standard InChI is InChI=1S/C10H13IN2O2/c1-7(6-14)12-10(15)13-9-5-3-2-4-8(9)11/h2-5,7,14H,6H2,1H3,(H2,12,13,15). The second-order valence-electron chi connectivity index (χ2n) is 3.16. The predicted octanol–water partition coefficient (Wildman–Crippen LogP) is 1.79. The Balaban J connectivity index is 2.55. The largest absolute Gasteiger partial charge is 0.394 e. The van der Waals surface area contributed by atoms with Crippen molar-refractivity contribution in [2.75, 3.05) is 11.9 Å². The number of amides is 2. The number of hydrogen-bond donors (Lipinski definition) is 3. The van der Waals surface area contributed by atoms with Crippen LogP contribution in [0.2, 0.25) is 0 Å². The van der Waals surface area contributed by atoms with Gasteiger partial charge >= 0.3 is 6.03 Å². The lowest BCUT2D eigenvalue weighted by Gasteiger charge is -2.12. The Morgan fingerprint density at radius 2 is 2.20 bits per heavy atom. The molecular weight excluding hydrogens is 307 g/mol. The fourth-order valence-electron chi connectivity index (χ4n) is 0.990. The first-order chi connectivity index (χ1) is 7.13. The van der Waals surface area contributed by atoms with Crippen LogP contribution in [0, 0.1) is 3.57 Å². The number of aliphatic hydroxyl groups is 1. The summed E-state index contributed by atoms with van der Waals surface area (Å²) in [5.41, 5.74) is 0.765. The van der Waals surface area contributed by atoms with Gasteiger partial charge in [-0.1, -0.05) is 12.1 Å². The van der Waals surface area contributed by atoms with Gasteiger partial charge in [-0.15, -0.1) is 0 Å². The lowest BCUT2D eigenvalue weighted by Crippen LogP contribution is -2.38. The Bertz CT molecular complexity index is 344. The van der Waals surface area contributed by atoms with Crippen LogP contribution in [0.25, 0.3) is 0 Å². The lowest BCUT2D eigenvalue weighted by molar-refractivity contribution is 0.229. The van der Waals surface area contributed by atoms with E-state index in [4.69, 9.17) is 5.11 Å². The maximum atomic E-state index is 11.4. The summed E-state index contributed by atoms with van der Waals surface area (Å²) in [4.78, 5) is 11.4. The van der Waals surface area contributed by atoms with Gasteiger partial charge < -0.3 is 15.7 Å². The number of carbonyl (C=O) groups is 1. The number of benzene rings is 1. The third-order valence-corrected chi connectivity index (χ3v) is 2.71. The molecule has 4 nitrogen and oxygen atoms in total. The van der Waals surface area contributed by atoms with Gasteiger partial charge in [0.15, 0.2) is 0 Å². The molecule has 2 amide bonds. The molecule has 0 heterocycles. The van der Waals surface area contributed by atoms with Crippen LogP contribution in [0.5, 0.6) is 0 Å². The summed E-state index contributed by atoms with van der Waals surface area (Å²) in [5, 5.41) is 14.1. The Hall–Kier alpha value is -0.820. The molecule has 5 heteroatoms. The third kappa shape index (κ3) is 4.05. The van der Waals surface area contributed by atoms with E-state index < -0.39 is 0 Å². The van der Waals surface area contributed by atoms with E-state index >= 15 is 0 Å². The van der Waals surface area contributed by atoms with Crippen molar-refractivity contribution in [2.24, 2.45) is 0 Å². The molecule has 1 unspecified atom stereocenters. The van der Waals surface area contributed by atoms with Crippen molar-refractivity contribution in [1.82, 2.24) is 5.32 Å². The molecule has 1 aromatic carbocycles. The van der Waals surface area contributed by atoms with E-state index in [0.29, 0.717) is 0 Å². The molecule has 1 atom stereocenters. The molecule has 0 aromatic heterocycles. The molecule has 1 aromatic rings. The average molecular weight is 320 g/mol. The zero-order valence-corrected chi connectivity index (χ0v) is 10.5. The minimum Gasteiger partial charge on any atom is -0.394 e. The van der Waals surface area contributed by atoms with Crippen molar-refractivity contribution in [1.29, 1.82) is 0 Å². The molecule has 0 aliphatic heterocycles. The van der Waals surface area contributed by atoms with Gasteiger partial charge in [-0.3, -0.25) is 0 Å². The van der Waals surface area contributed by atoms with Crippen molar-refractivity contribution in [2.45, 2.75) is 13.0 Å². The van der Waals surface area contributed by atoms with Gasteiger partial charge in [-0.2, -0.15) is 0 Å². The van der Waals surface area contributed by atoms with E-state index in [1.165, 1.54) is 0 Å². The van der Waals surface area contributed by atoms with E-state index in [2.05, 4.69) is 33.2 Å². The van der Waals surface area contributed by atoms with E-state index in [0.717, 1.165) is 9.26 Å². The van der Waals surface area contributed by atoms with E-state index in [1.54, 1.807) is 6.92 Å². The number of urea groups is 1. The quantitative estimate of drug-likeness (QED) is 0.744. The zero-order valence-electron chi connectivity index (χ0n) is 8.33. The van der Waals surface area contributed by atoms with Gasteiger partial charge in [-0.25, -0.2) is 4.79 Å². The minimum absolute atomic E-state index is 0.0701. The number of hydrogen-bond acceptors (Lipinski definition) is 2. The van der Waals surface area contributed by atoms with Gasteiger partial charge in [0, 0.05) is 3.57 Å². The van der Waals surface area contributed by atoms with Crippen molar-refractivity contribution in [3.05, 3.63) is 27.8 Å². The van der Waals surface area contributed by atoms with Gasteiger partial charge in [0.25, 0.3) is 0 Å². The van der Waals surface area contributed by atoms with Crippen LogP contribution in [0.3, 0.4) is 0 Å². The molecule has 1 rings (SSSR count). The summed E-state index contributed by atoms with van der Waals surface area (Å²) >= 11 is 2.14. The number of nitrogens with one attached hydrogen (secondary N) is 2. The maximum Gasteiger partial charge on any atom is 0.319 e. The zero-order chi connectivity index (χ0) is 11.3. The number of aliphatic hydroxyl groups excluding tert-OH is 1. The Morgan fingerprint density at radius 1 is 1.53 bits per heavy atom. The van der Waals surface area contributed by atoms with Crippen LogP contribution in [-0.2, 0) is 0 Å². The van der Waals surface area contributed by atoms with Crippen LogP contribution >= 0.6 is 22.6 Å². The smallest absolute Gasteiger partial charge is 0.319 e. The first-order valence-corrected chi connectivity index (χ1v) is 5.64. The van der Waals surface area contributed by atoms with E-state index in [9.17, 15) is 4.79 Å². The molecule has 0 saturated carbocycles. The average Bonchev–Trinajstić information content (AvgIpc) is 2.21. The number of rotatable bonds is 3. The van der Waals surface area contributed by atoms with Crippen LogP contribution in [0.15, 0.2) is 24.3 Å². The molecule has 0 aliphatic rings. The summed E-state index contributed by atoms with van der Waals surface area (Å²) in [7, 11) is 0. The highest BCUT2D eigenvalue weighted by Gasteiger charge is 2.07. The molecule has 0 spiro atoms. The predicted molar refractivity (Wildman–Crippen MR) is 67.9 cm³/mol. The molecular formula is C10H13IN2O2. The lowest BCUT2D eigenvalue weighted by atomic mass is 10.3. The summed E-state index contributed by atoms with van der Waals surface area (Å²) < 4.78 is 0.974. The summed E-state index contributed by atoms with van der Waals surface area (Å²) in [6.45, 7) is 1.66. The summed E-state index contributed by atoms with van der Waals surface area (Å²) in [5.74, 6) is 0. The Morgan fingerprint density at radius 3 is 2.80 bits per heavy atom. The number of para-hydroxylation sites is 1. The highest BCUT2D eigenvalue weighted by atomic mass is 127. The molecule has 15 heavy (non-hydrogen) atoms. The highest BCUT2D eigenvalue weighted by molar-refractivity contribution is 14.1. The van der Waals surface area contributed by atoms with E-state index in [-0.39, 0.29) is 18.7 Å². The molecule has 3 N–H and O–H groups in total. The monoisotopic (exact) mass is 320 g/mol. The first kappa shape index (κ1) is 12.3. The summed E-state index contributed by atoms with van der Waals surface area (Å²) in [6, 6.07) is 6.94. The molecule has 82 valence electrons. The number of halogens is 1. The fourth-order valence-corrected chi connectivity index (χ4v) is 1.51. The maximum absolute atomic E-state index is 11.4. The summed E-state index contributed by atoms with van der Waals surface area (Å²) in [6.07, 6.45) is 0. The van der Waals surface area contributed by atoms with Gasteiger partial charge in [0.2, 0.25) is 0 Å². The molecule has 0 fully saturated rings. The van der Waals surface area contributed by atoms with Crippen molar-refractivity contribution < 1.29 is 9.90 Å². The normalized spacial score (nSPS) is 11.9. The van der Waals surface area contributed by atoms with Gasteiger partial charge in [-0.05, 0) is 41.6 Å². The minimum atomic E-state index is -0.305. The molecule has 0 saturated heterocycles. The van der Waals surface area contributed by atoms with Crippen LogP contribution < -0.4 is 10.6 Å². The van der Waals surface area contributed by atoms with E-state index in [1.807, 2.05) is 24.3 Å². The van der Waals surface area contributed by atoms with Crippen LogP contribution in [-0.4, -0.2) is 23.8 Å². The van der Waals surface area contributed by atoms with Crippen LogP contribution in [0.4, 0.5) is 10.5 Å². The van der Waals surface area contributed by atoms with Crippen molar-refractivity contribution in [3.63, 3.8) is 0 Å². The topological polar surface area (TPSA) is 61.4 Å². The fraction of sp³-hybridized carbons (Fsp3) is 0.300. The Kier molecular flexibility index (Phi) is 4.83. The third-order valence-electron chi connectivity index (χ3n) is 1.77. The SMILES string of the molecule is CC(CO)NC(=O)Nc1ccccc1I. The van der Waals surface area contributed by atoms with Gasteiger partial charge in [0.1, 0.15) is 0 Å².